The Bertz CT molecular complexity index is 2240. The summed E-state index contributed by atoms with van der Waals surface area (Å²) < 4.78 is 23.6. The van der Waals surface area contributed by atoms with E-state index in [0.29, 0.717) is 56.6 Å². The summed E-state index contributed by atoms with van der Waals surface area (Å²) in [5.74, 6) is -3.07. The second-order valence-corrected chi connectivity index (χ2v) is 19.6. The molecule has 6 rings (SSSR count). The molecule has 19 nitrogen and oxygen atoms in total. The Morgan fingerprint density at radius 2 is 1.54 bits per heavy atom. The molecule has 4 aliphatic rings. The van der Waals surface area contributed by atoms with E-state index in [4.69, 9.17) is 18.9 Å². The van der Waals surface area contributed by atoms with Crippen molar-refractivity contribution in [1.29, 1.82) is 0 Å². The summed E-state index contributed by atoms with van der Waals surface area (Å²) in [4.78, 5) is 117. The first kappa shape index (κ1) is 53.0. The quantitative estimate of drug-likeness (QED) is 0.0550. The minimum atomic E-state index is -1.26. The maximum Gasteiger partial charge on any atom is 0.408 e. The van der Waals surface area contributed by atoms with Gasteiger partial charge in [-0.2, -0.15) is 0 Å². The van der Waals surface area contributed by atoms with Crippen LogP contribution in [0.2, 0.25) is 0 Å². The van der Waals surface area contributed by atoms with Gasteiger partial charge in [-0.3, -0.25) is 43.8 Å². The van der Waals surface area contributed by atoms with E-state index in [2.05, 4.69) is 26.6 Å². The molecule has 2 aromatic rings. The molecule has 6 atom stereocenters. The van der Waals surface area contributed by atoms with Gasteiger partial charge in [0.2, 0.25) is 29.5 Å². The molecule has 3 heterocycles. The Hall–Kier alpha value is -6.37. The summed E-state index contributed by atoms with van der Waals surface area (Å²) in [7, 11) is 0. The van der Waals surface area contributed by atoms with Crippen LogP contribution in [0.15, 0.2) is 42.5 Å². The van der Waals surface area contributed by atoms with Crippen LogP contribution in [0.5, 0.6) is 11.5 Å². The Morgan fingerprint density at radius 1 is 0.814 bits per heavy atom. The van der Waals surface area contributed by atoms with Gasteiger partial charge in [0.05, 0.1) is 42.1 Å². The SMILES string of the molecule is C[C@@H](OC(C)(C)C)[C@H](NC(=O)OCc1cccc(OCCCCCCOc2cccc3c2C(=O)N(C2CCC(=O)NC2=O)C3=O)c1)C(=O)N[C@@H](CC1CCCCC1)C(=O)N[C@H](C=O)C[C@@H]1CCNC1=O. The molecule has 5 N–H and O–H groups in total. The molecule has 0 spiro atoms. The fourth-order valence-corrected chi connectivity index (χ4v) is 9.46. The number of nitrogens with zero attached hydrogens (tertiary/aromatic N) is 1. The minimum absolute atomic E-state index is 0.0332. The van der Waals surface area contributed by atoms with E-state index in [9.17, 15) is 43.2 Å². The summed E-state index contributed by atoms with van der Waals surface area (Å²) in [6.07, 6.45) is 7.97. The molecule has 70 heavy (non-hydrogen) atoms. The molecule has 1 saturated carbocycles. The van der Waals surface area contributed by atoms with Crippen LogP contribution in [0.3, 0.4) is 0 Å². The van der Waals surface area contributed by atoms with E-state index in [-0.39, 0.29) is 54.6 Å². The molecular formula is C51H68N6O13. The Morgan fingerprint density at radius 3 is 2.23 bits per heavy atom. The third kappa shape index (κ3) is 14.8. The molecule has 0 aromatic heterocycles. The number of rotatable bonds is 24. The van der Waals surface area contributed by atoms with Crippen molar-refractivity contribution in [3.05, 3.63) is 59.2 Å². The number of hydrogen-bond donors (Lipinski definition) is 5. The maximum atomic E-state index is 14.1. The predicted molar refractivity (Wildman–Crippen MR) is 253 cm³/mol. The zero-order chi connectivity index (χ0) is 50.4. The number of unbranched alkanes of at least 4 members (excludes halogenated alkanes) is 3. The highest BCUT2D eigenvalue weighted by molar-refractivity contribution is 6.24. The first-order chi connectivity index (χ1) is 33.5. The van der Waals surface area contributed by atoms with Gasteiger partial charge in [0.15, 0.2) is 0 Å². The number of benzene rings is 2. The summed E-state index contributed by atoms with van der Waals surface area (Å²) in [5.41, 5.74) is 0.222. The smallest absolute Gasteiger partial charge is 0.408 e. The van der Waals surface area contributed by atoms with E-state index in [1.807, 2.05) is 20.8 Å². The number of hydrogen-bond acceptors (Lipinski definition) is 13. The first-order valence-electron chi connectivity index (χ1n) is 24.6. The molecule has 0 bridgehead atoms. The highest BCUT2D eigenvalue weighted by atomic mass is 16.6. The molecule has 2 saturated heterocycles. The van der Waals surface area contributed by atoms with E-state index < -0.39 is 83.3 Å². The fourth-order valence-electron chi connectivity index (χ4n) is 9.46. The fraction of sp³-hybridized carbons (Fsp3) is 0.588. The molecule has 19 heteroatoms. The van der Waals surface area contributed by atoms with Crippen molar-refractivity contribution < 1.29 is 62.1 Å². The molecule has 1 unspecified atom stereocenters. The van der Waals surface area contributed by atoms with Crippen molar-refractivity contribution in [3.8, 4) is 11.5 Å². The van der Waals surface area contributed by atoms with Crippen LogP contribution < -0.4 is 36.1 Å². The van der Waals surface area contributed by atoms with Crippen molar-refractivity contribution in [2.75, 3.05) is 19.8 Å². The average Bonchev–Trinajstić information content (AvgIpc) is 3.85. The minimum Gasteiger partial charge on any atom is -0.494 e. The Labute approximate surface area is 408 Å². The van der Waals surface area contributed by atoms with Crippen molar-refractivity contribution in [3.63, 3.8) is 0 Å². The van der Waals surface area contributed by atoms with Crippen molar-refractivity contribution in [2.45, 2.75) is 160 Å². The number of aldehydes is 1. The van der Waals surface area contributed by atoms with Crippen LogP contribution in [-0.2, 0) is 44.8 Å². The molecule has 0 radical (unpaired) electrons. The van der Waals surface area contributed by atoms with E-state index in [0.717, 1.165) is 56.3 Å². The second-order valence-electron chi connectivity index (χ2n) is 19.6. The second kappa shape index (κ2) is 25.0. The number of nitrogens with one attached hydrogen (secondary N) is 5. The van der Waals surface area contributed by atoms with Gasteiger partial charge in [-0.1, -0.05) is 50.3 Å². The topological polar surface area (TPSA) is 254 Å². The number of carbonyl (C=O) groups excluding carboxylic acids is 9. The van der Waals surface area contributed by atoms with Gasteiger partial charge in [0.25, 0.3) is 11.8 Å². The molecular weight excluding hydrogens is 905 g/mol. The Kier molecular flexibility index (Phi) is 18.9. The van der Waals surface area contributed by atoms with Crippen LogP contribution >= 0.6 is 0 Å². The van der Waals surface area contributed by atoms with Crippen molar-refractivity contribution in [1.82, 2.24) is 31.5 Å². The largest absolute Gasteiger partial charge is 0.494 e. The lowest BCUT2D eigenvalue weighted by atomic mass is 9.84. The molecule has 3 aliphatic heterocycles. The number of amides is 8. The molecule has 2 aromatic carbocycles. The number of piperidine rings is 1. The summed E-state index contributed by atoms with van der Waals surface area (Å²) in [5, 5.41) is 13.2. The number of ether oxygens (including phenoxy) is 4. The lowest BCUT2D eigenvalue weighted by Gasteiger charge is -2.32. The third-order valence-corrected chi connectivity index (χ3v) is 12.9. The standard InChI is InChI=1S/C51H68N6O13/c1-31(70-51(2,3)4)43(47(63)54-38(27-32-14-8-7-9-15-32)45(61)53-35(29-58)28-34-22-23-52-44(34)60)56-50(66)69-30-33-16-12-17-36(26-33)67-24-10-5-6-11-25-68-40-19-13-18-37-42(40)49(65)57(48(37)64)39-20-21-41(59)55-46(39)62/h12-13,16-19,26,29,31-32,34-35,38-39,43H,5-11,14-15,20-25,27-28,30H2,1-4H3,(H,52,60)(H,53,61)(H,54,63)(H,56,66)(H,55,59,62)/t31-,34+,35+,38+,39?,43+/m1/s1. The van der Waals surface area contributed by atoms with Crippen LogP contribution in [0.25, 0.3) is 0 Å². The molecule has 8 amide bonds. The highest BCUT2D eigenvalue weighted by Crippen LogP contribution is 2.34. The van der Waals surface area contributed by atoms with Gasteiger partial charge < -0.3 is 45.0 Å². The number of fused-ring (bicyclic) bond motifs is 1. The van der Waals surface area contributed by atoms with Gasteiger partial charge in [0.1, 0.15) is 42.5 Å². The lowest BCUT2D eigenvalue weighted by Crippen LogP contribution is -2.59. The maximum absolute atomic E-state index is 14.1. The van der Waals surface area contributed by atoms with Crippen LogP contribution in [-0.4, -0.2) is 114 Å². The van der Waals surface area contributed by atoms with Gasteiger partial charge in [-0.15, -0.1) is 0 Å². The van der Waals surface area contributed by atoms with Crippen LogP contribution in [0.4, 0.5) is 4.79 Å². The normalized spacial score (nSPS) is 20.1. The van der Waals surface area contributed by atoms with Crippen LogP contribution in [0, 0.1) is 11.8 Å². The third-order valence-electron chi connectivity index (χ3n) is 12.9. The summed E-state index contributed by atoms with van der Waals surface area (Å²) >= 11 is 0. The highest BCUT2D eigenvalue weighted by Gasteiger charge is 2.46. The van der Waals surface area contributed by atoms with Crippen LogP contribution in [0.1, 0.15) is 144 Å². The van der Waals surface area contributed by atoms with Gasteiger partial charge in [0, 0.05) is 18.9 Å². The zero-order valence-corrected chi connectivity index (χ0v) is 40.6. The van der Waals surface area contributed by atoms with Gasteiger partial charge >= 0.3 is 6.09 Å². The van der Waals surface area contributed by atoms with Gasteiger partial charge in [-0.25, -0.2) is 4.79 Å². The van der Waals surface area contributed by atoms with E-state index >= 15 is 0 Å². The predicted octanol–water partition coefficient (Wildman–Crippen LogP) is 4.57. The number of alkyl carbamates (subject to hydrolysis) is 1. The summed E-state index contributed by atoms with van der Waals surface area (Å²) in [6, 6.07) is 7.60. The average molecular weight is 973 g/mol. The van der Waals surface area contributed by atoms with Crippen molar-refractivity contribution >= 4 is 53.7 Å². The molecule has 1 aliphatic carbocycles. The van der Waals surface area contributed by atoms with E-state index in [1.54, 1.807) is 43.3 Å². The van der Waals surface area contributed by atoms with E-state index in [1.165, 1.54) is 6.07 Å². The molecule has 380 valence electrons. The first-order valence-corrected chi connectivity index (χ1v) is 24.6. The number of carbonyl (C=O) groups is 9. The Balaban J connectivity index is 0.956. The zero-order valence-electron chi connectivity index (χ0n) is 40.6. The van der Waals surface area contributed by atoms with Crippen molar-refractivity contribution in [2.24, 2.45) is 11.8 Å². The summed E-state index contributed by atoms with van der Waals surface area (Å²) in [6.45, 7) is 8.20. The molecule has 3 fully saturated rings. The van der Waals surface area contributed by atoms with Gasteiger partial charge in [-0.05, 0) is 115 Å². The lowest BCUT2D eigenvalue weighted by molar-refractivity contribution is -0.136. The number of imide groups is 2. The monoisotopic (exact) mass is 972 g/mol.